The number of rotatable bonds is 5. The maximum atomic E-state index is 12.3. The number of hydrogen-bond acceptors (Lipinski definition) is 8. The van der Waals surface area contributed by atoms with Gasteiger partial charge in [-0.1, -0.05) is 53.9 Å². The SMILES string of the molecule is Cc1nn2c(nc1=O)SCC2CSc1nnc(Cc2ccccc2)c(=O)[nH]1. The Labute approximate surface area is 162 Å². The van der Waals surface area contributed by atoms with E-state index in [0.29, 0.717) is 33.9 Å². The molecule has 10 heteroatoms. The van der Waals surface area contributed by atoms with E-state index >= 15 is 0 Å². The molecular weight excluding hydrogens is 384 g/mol. The first-order valence-electron chi connectivity index (χ1n) is 8.33. The molecule has 1 unspecified atom stereocenters. The molecule has 0 saturated carbocycles. The first-order chi connectivity index (χ1) is 13.1. The van der Waals surface area contributed by atoms with Gasteiger partial charge < -0.3 is 0 Å². The average Bonchev–Trinajstić information content (AvgIpc) is 3.05. The number of hydrogen-bond donors (Lipinski definition) is 1. The van der Waals surface area contributed by atoms with E-state index in [0.717, 1.165) is 11.3 Å². The predicted molar refractivity (Wildman–Crippen MR) is 103 cm³/mol. The van der Waals surface area contributed by atoms with Gasteiger partial charge in [0.25, 0.3) is 11.1 Å². The van der Waals surface area contributed by atoms with E-state index in [9.17, 15) is 9.59 Å². The molecule has 0 spiro atoms. The number of thioether (sulfide) groups is 2. The molecular formula is C17H16N6O2S2. The third-order valence-electron chi connectivity index (χ3n) is 4.08. The first kappa shape index (κ1) is 17.9. The lowest BCUT2D eigenvalue weighted by atomic mass is 10.1. The lowest BCUT2D eigenvalue weighted by Gasteiger charge is -2.11. The number of aryl methyl sites for hydroxylation is 1. The second-order valence-electron chi connectivity index (χ2n) is 6.07. The molecule has 0 fully saturated rings. The summed E-state index contributed by atoms with van der Waals surface area (Å²) in [5.41, 5.74) is 1.28. The van der Waals surface area contributed by atoms with Gasteiger partial charge in [-0.3, -0.25) is 14.6 Å². The fourth-order valence-corrected chi connectivity index (χ4v) is 4.74. The van der Waals surface area contributed by atoms with Crippen molar-refractivity contribution < 1.29 is 0 Å². The third kappa shape index (κ3) is 3.96. The van der Waals surface area contributed by atoms with Crippen molar-refractivity contribution in [3.05, 3.63) is 68.0 Å². The molecule has 1 aliphatic rings. The van der Waals surface area contributed by atoms with Gasteiger partial charge in [-0.15, -0.1) is 10.2 Å². The highest BCUT2D eigenvalue weighted by Crippen LogP contribution is 2.32. The van der Waals surface area contributed by atoms with Crippen molar-refractivity contribution in [2.24, 2.45) is 0 Å². The summed E-state index contributed by atoms with van der Waals surface area (Å²) in [6.07, 6.45) is 0.447. The summed E-state index contributed by atoms with van der Waals surface area (Å²) in [6, 6.07) is 9.77. The van der Waals surface area contributed by atoms with Crippen molar-refractivity contribution in [2.75, 3.05) is 11.5 Å². The van der Waals surface area contributed by atoms with E-state index in [1.54, 1.807) is 11.6 Å². The minimum Gasteiger partial charge on any atom is -0.298 e. The molecule has 0 radical (unpaired) electrons. The second kappa shape index (κ2) is 7.65. The number of fused-ring (bicyclic) bond motifs is 1. The maximum Gasteiger partial charge on any atom is 0.295 e. The van der Waals surface area contributed by atoms with Crippen LogP contribution in [0, 0.1) is 6.92 Å². The van der Waals surface area contributed by atoms with Crippen LogP contribution in [0.2, 0.25) is 0 Å². The van der Waals surface area contributed by atoms with E-state index < -0.39 is 0 Å². The molecule has 1 aliphatic heterocycles. The zero-order valence-corrected chi connectivity index (χ0v) is 16.1. The van der Waals surface area contributed by atoms with Gasteiger partial charge in [0, 0.05) is 17.9 Å². The van der Waals surface area contributed by atoms with Crippen LogP contribution in [0.3, 0.4) is 0 Å². The summed E-state index contributed by atoms with van der Waals surface area (Å²) in [7, 11) is 0. The number of aromatic amines is 1. The normalized spacial score (nSPS) is 15.7. The molecule has 0 amide bonds. The smallest absolute Gasteiger partial charge is 0.295 e. The van der Waals surface area contributed by atoms with Gasteiger partial charge in [-0.2, -0.15) is 10.1 Å². The standard InChI is InChI=1S/C17H16N6O2S2/c1-10-14(24)19-17-23(22-10)12(9-27-17)8-26-16-18-15(25)13(20-21-16)7-11-5-3-2-4-6-11/h2-6,12H,7-9H2,1H3,(H,18,21,25). The Hall–Kier alpha value is -2.46. The lowest BCUT2D eigenvalue weighted by molar-refractivity contribution is 0.478. The molecule has 1 aromatic carbocycles. The Morgan fingerprint density at radius 1 is 1.26 bits per heavy atom. The van der Waals surface area contributed by atoms with Crippen molar-refractivity contribution in [1.82, 2.24) is 29.9 Å². The highest BCUT2D eigenvalue weighted by atomic mass is 32.2. The van der Waals surface area contributed by atoms with Gasteiger partial charge in [-0.25, -0.2) is 4.68 Å². The Morgan fingerprint density at radius 2 is 2.07 bits per heavy atom. The van der Waals surface area contributed by atoms with Crippen LogP contribution in [0.5, 0.6) is 0 Å². The van der Waals surface area contributed by atoms with Crippen LogP contribution in [-0.4, -0.2) is 41.5 Å². The van der Waals surface area contributed by atoms with Crippen LogP contribution in [0.25, 0.3) is 0 Å². The summed E-state index contributed by atoms with van der Waals surface area (Å²) in [6.45, 7) is 1.66. The number of nitrogens with one attached hydrogen (secondary N) is 1. The second-order valence-corrected chi connectivity index (χ2v) is 8.07. The maximum absolute atomic E-state index is 12.3. The highest BCUT2D eigenvalue weighted by Gasteiger charge is 2.25. The first-order valence-corrected chi connectivity index (χ1v) is 10.3. The molecule has 2 aromatic heterocycles. The molecule has 4 rings (SSSR count). The molecule has 1 N–H and O–H groups in total. The quantitative estimate of drug-likeness (QED) is 0.642. The monoisotopic (exact) mass is 400 g/mol. The fraction of sp³-hybridized carbons (Fsp3) is 0.294. The Balaban J connectivity index is 1.44. The number of nitrogens with zero attached hydrogens (tertiary/aromatic N) is 5. The van der Waals surface area contributed by atoms with Crippen molar-refractivity contribution in [3.8, 4) is 0 Å². The minimum absolute atomic E-state index is 0.0797. The summed E-state index contributed by atoms with van der Waals surface area (Å²) in [4.78, 5) is 30.7. The lowest BCUT2D eigenvalue weighted by Crippen LogP contribution is -2.22. The van der Waals surface area contributed by atoms with E-state index in [4.69, 9.17) is 0 Å². The van der Waals surface area contributed by atoms with Gasteiger partial charge >= 0.3 is 0 Å². The Bertz CT molecular complexity index is 1080. The van der Waals surface area contributed by atoms with Gasteiger partial charge in [0.05, 0.1) is 6.04 Å². The van der Waals surface area contributed by atoms with Crippen LogP contribution >= 0.6 is 23.5 Å². The van der Waals surface area contributed by atoms with Crippen LogP contribution in [0.4, 0.5) is 0 Å². The van der Waals surface area contributed by atoms with Gasteiger partial charge in [-0.05, 0) is 12.5 Å². The largest absolute Gasteiger partial charge is 0.298 e. The van der Waals surface area contributed by atoms with Crippen LogP contribution in [-0.2, 0) is 6.42 Å². The van der Waals surface area contributed by atoms with Gasteiger partial charge in [0.1, 0.15) is 11.4 Å². The van der Waals surface area contributed by atoms with E-state index in [-0.39, 0.29) is 17.2 Å². The molecule has 0 bridgehead atoms. The average molecular weight is 400 g/mol. The summed E-state index contributed by atoms with van der Waals surface area (Å²) >= 11 is 2.92. The predicted octanol–water partition coefficient (Wildman–Crippen LogP) is 1.45. The summed E-state index contributed by atoms with van der Waals surface area (Å²) in [5.74, 6) is 1.43. The zero-order chi connectivity index (χ0) is 18.8. The summed E-state index contributed by atoms with van der Waals surface area (Å²) in [5, 5.41) is 13.7. The molecule has 1 atom stereocenters. The van der Waals surface area contributed by atoms with Crippen LogP contribution < -0.4 is 11.1 Å². The van der Waals surface area contributed by atoms with Crippen molar-refractivity contribution in [3.63, 3.8) is 0 Å². The molecule has 27 heavy (non-hydrogen) atoms. The number of H-pyrrole nitrogens is 1. The molecule has 3 heterocycles. The van der Waals surface area contributed by atoms with Crippen molar-refractivity contribution >= 4 is 23.5 Å². The fourth-order valence-electron chi connectivity index (χ4n) is 2.65. The van der Waals surface area contributed by atoms with Crippen LogP contribution in [0.1, 0.15) is 23.0 Å². The topological polar surface area (TPSA) is 106 Å². The molecule has 0 aliphatic carbocycles. The minimum atomic E-state index is -0.286. The van der Waals surface area contributed by atoms with E-state index in [2.05, 4.69) is 25.3 Å². The number of benzene rings is 1. The van der Waals surface area contributed by atoms with Gasteiger partial charge in [0.2, 0.25) is 0 Å². The van der Waals surface area contributed by atoms with Crippen molar-refractivity contribution in [2.45, 2.75) is 29.7 Å². The molecule has 138 valence electrons. The van der Waals surface area contributed by atoms with E-state index in [1.165, 1.54) is 23.5 Å². The summed E-state index contributed by atoms with van der Waals surface area (Å²) < 4.78 is 1.78. The molecule has 3 aromatic rings. The molecule has 0 saturated heterocycles. The third-order valence-corrected chi connectivity index (χ3v) is 6.18. The molecule has 8 nitrogen and oxygen atoms in total. The zero-order valence-electron chi connectivity index (χ0n) is 14.5. The number of aromatic nitrogens is 6. The Morgan fingerprint density at radius 3 is 2.85 bits per heavy atom. The van der Waals surface area contributed by atoms with Gasteiger partial charge in [0.15, 0.2) is 10.3 Å². The highest BCUT2D eigenvalue weighted by molar-refractivity contribution is 8.00. The van der Waals surface area contributed by atoms with E-state index in [1.807, 2.05) is 30.3 Å². The van der Waals surface area contributed by atoms with Crippen molar-refractivity contribution in [1.29, 1.82) is 0 Å². The van der Waals surface area contributed by atoms with Crippen LogP contribution in [0.15, 0.2) is 50.2 Å². The Kier molecular flexibility index (Phi) is 5.08.